The molecule has 3 aromatic heterocycles. The molecule has 0 fully saturated rings. The van der Waals surface area contributed by atoms with Crippen LogP contribution < -0.4 is 5.32 Å². The third-order valence-electron chi connectivity index (χ3n) is 4.72. The smallest absolute Gasteiger partial charge is 0.343 e. The molecule has 8 heteroatoms. The van der Waals surface area contributed by atoms with Crippen LogP contribution in [-0.2, 0) is 4.74 Å². The van der Waals surface area contributed by atoms with E-state index in [0.717, 1.165) is 22.0 Å². The summed E-state index contributed by atoms with van der Waals surface area (Å²) in [5.41, 5.74) is 4.51. The first kappa shape index (κ1) is 19.5. The predicted molar refractivity (Wildman–Crippen MR) is 114 cm³/mol. The van der Waals surface area contributed by atoms with Crippen molar-refractivity contribution in [3.8, 4) is 5.82 Å². The van der Waals surface area contributed by atoms with Crippen LogP contribution in [0.4, 0.5) is 11.8 Å². The topological polar surface area (TPSA) is 94.8 Å². The number of carbonyl (C=O) groups excluding carboxylic acids is 1. The minimum Gasteiger partial charge on any atom is -0.462 e. The van der Waals surface area contributed by atoms with Gasteiger partial charge >= 0.3 is 5.97 Å². The monoisotopic (exact) mass is 402 g/mol. The summed E-state index contributed by atoms with van der Waals surface area (Å²) in [5.74, 6) is 0.845. The summed E-state index contributed by atoms with van der Waals surface area (Å²) in [5, 5.41) is 8.60. The molecule has 30 heavy (non-hydrogen) atoms. The first-order chi connectivity index (χ1) is 14.5. The molecular weight excluding hydrogens is 380 g/mol. The molecule has 0 saturated heterocycles. The van der Waals surface area contributed by atoms with Crippen LogP contribution in [-0.4, -0.2) is 37.3 Å². The number of nitrogens with zero attached hydrogens (tertiary/aromatic N) is 5. The van der Waals surface area contributed by atoms with Crippen molar-refractivity contribution in [2.24, 2.45) is 0 Å². The highest BCUT2D eigenvalue weighted by molar-refractivity contribution is 5.95. The van der Waals surface area contributed by atoms with Gasteiger partial charge in [-0.2, -0.15) is 9.78 Å². The molecule has 8 nitrogen and oxygen atoms in total. The zero-order chi connectivity index (χ0) is 21.3. The molecule has 0 aliphatic carbocycles. The van der Waals surface area contributed by atoms with Gasteiger partial charge in [0.05, 0.1) is 18.3 Å². The Labute approximate surface area is 174 Å². The molecular formula is C22H22N6O2. The van der Waals surface area contributed by atoms with Gasteiger partial charge in [0, 0.05) is 17.8 Å². The van der Waals surface area contributed by atoms with Crippen LogP contribution in [0.15, 0.2) is 42.9 Å². The fourth-order valence-corrected chi connectivity index (χ4v) is 3.41. The Morgan fingerprint density at radius 3 is 2.60 bits per heavy atom. The molecule has 0 radical (unpaired) electrons. The van der Waals surface area contributed by atoms with E-state index >= 15 is 0 Å². The lowest BCUT2D eigenvalue weighted by molar-refractivity contribution is 0.0527. The Hall–Kier alpha value is -3.81. The number of benzene rings is 1. The van der Waals surface area contributed by atoms with Crippen LogP contribution in [0.5, 0.6) is 0 Å². The second kappa shape index (κ2) is 7.90. The number of carbonyl (C=O) groups is 1. The van der Waals surface area contributed by atoms with Crippen molar-refractivity contribution in [3.05, 3.63) is 65.1 Å². The van der Waals surface area contributed by atoms with Gasteiger partial charge in [0.15, 0.2) is 11.6 Å². The number of fused-ring (bicyclic) bond motifs is 1. The highest BCUT2D eigenvalue weighted by Gasteiger charge is 2.22. The van der Waals surface area contributed by atoms with Crippen LogP contribution in [0.3, 0.4) is 0 Å². The highest BCUT2D eigenvalue weighted by Crippen LogP contribution is 2.27. The van der Waals surface area contributed by atoms with Gasteiger partial charge < -0.3 is 10.1 Å². The zero-order valence-corrected chi connectivity index (χ0v) is 17.3. The average molecular weight is 402 g/mol. The quantitative estimate of drug-likeness (QED) is 0.503. The van der Waals surface area contributed by atoms with Gasteiger partial charge in [-0.3, -0.25) is 0 Å². The number of rotatable bonds is 5. The number of hydrogen-bond donors (Lipinski definition) is 1. The Morgan fingerprint density at radius 1 is 1.10 bits per heavy atom. The summed E-state index contributed by atoms with van der Waals surface area (Å²) in [4.78, 5) is 25.7. The Morgan fingerprint density at radius 2 is 1.87 bits per heavy atom. The van der Waals surface area contributed by atoms with Crippen molar-refractivity contribution < 1.29 is 9.53 Å². The standard InChI is InChI=1S/C22H22N6O2/c1-5-30-21(29)17-12-25-28(20(17)27-22-23-7-6-8-24-22)18-11-14(3)16-10-13(2)9-15(4)19(16)26-18/h6-12H,5H2,1-4H3,(H,23,24,27). The van der Waals surface area contributed by atoms with Crippen molar-refractivity contribution in [1.82, 2.24) is 24.7 Å². The van der Waals surface area contributed by atoms with Gasteiger partial charge in [-0.15, -0.1) is 0 Å². The number of ether oxygens (including phenoxy) is 1. The third kappa shape index (κ3) is 3.59. The molecule has 0 unspecified atom stereocenters. The summed E-state index contributed by atoms with van der Waals surface area (Å²) in [7, 11) is 0. The first-order valence-electron chi connectivity index (χ1n) is 9.66. The number of esters is 1. The van der Waals surface area contributed by atoms with Gasteiger partial charge in [0.25, 0.3) is 0 Å². The third-order valence-corrected chi connectivity index (χ3v) is 4.72. The Bertz CT molecular complexity index is 1230. The lowest BCUT2D eigenvalue weighted by Crippen LogP contribution is -2.11. The summed E-state index contributed by atoms with van der Waals surface area (Å²) in [6.07, 6.45) is 4.70. The second-order valence-electron chi connectivity index (χ2n) is 7.01. The normalized spacial score (nSPS) is 10.9. The molecule has 0 aliphatic rings. The van der Waals surface area contributed by atoms with E-state index in [1.54, 1.807) is 30.1 Å². The number of aryl methyl sites for hydroxylation is 3. The number of pyridine rings is 1. The van der Waals surface area contributed by atoms with Crippen LogP contribution >= 0.6 is 0 Å². The maximum atomic E-state index is 12.5. The lowest BCUT2D eigenvalue weighted by Gasteiger charge is -2.13. The molecule has 0 atom stereocenters. The van der Waals surface area contributed by atoms with E-state index in [2.05, 4.69) is 39.4 Å². The summed E-state index contributed by atoms with van der Waals surface area (Å²) >= 11 is 0. The molecule has 1 aromatic carbocycles. The molecule has 0 spiro atoms. The van der Waals surface area contributed by atoms with E-state index in [0.29, 0.717) is 17.6 Å². The number of aromatic nitrogens is 5. The molecule has 4 rings (SSSR count). The maximum absolute atomic E-state index is 12.5. The summed E-state index contributed by atoms with van der Waals surface area (Å²) < 4.78 is 6.77. The largest absolute Gasteiger partial charge is 0.462 e. The fraction of sp³-hybridized carbons (Fsp3) is 0.227. The van der Waals surface area contributed by atoms with Crippen molar-refractivity contribution in [1.29, 1.82) is 0 Å². The van der Waals surface area contributed by atoms with E-state index in [1.165, 1.54) is 11.8 Å². The van der Waals surface area contributed by atoms with Gasteiger partial charge in [0.2, 0.25) is 5.95 Å². The van der Waals surface area contributed by atoms with E-state index in [4.69, 9.17) is 9.72 Å². The molecule has 0 amide bonds. The van der Waals surface area contributed by atoms with Crippen LogP contribution in [0.2, 0.25) is 0 Å². The second-order valence-corrected chi connectivity index (χ2v) is 7.01. The number of anilines is 2. The van der Waals surface area contributed by atoms with Crippen molar-refractivity contribution in [2.75, 3.05) is 11.9 Å². The van der Waals surface area contributed by atoms with Crippen LogP contribution in [0.25, 0.3) is 16.7 Å². The zero-order valence-electron chi connectivity index (χ0n) is 17.3. The molecule has 0 saturated carbocycles. The minimum absolute atomic E-state index is 0.261. The van der Waals surface area contributed by atoms with E-state index in [-0.39, 0.29) is 12.2 Å². The number of hydrogen-bond acceptors (Lipinski definition) is 7. The summed E-state index contributed by atoms with van der Waals surface area (Å²) in [6.45, 7) is 8.16. The molecule has 152 valence electrons. The lowest BCUT2D eigenvalue weighted by atomic mass is 10.0. The van der Waals surface area contributed by atoms with E-state index < -0.39 is 5.97 Å². The molecule has 1 N–H and O–H groups in total. The number of nitrogens with one attached hydrogen (secondary N) is 1. The SMILES string of the molecule is CCOC(=O)c1cnn(-c2cc(C)c3cc(C)cc(C)c3n2)c1Nc1ncccn1. The molecule has 0 bridgehead atoms. The average Bonchev–Trinajstić information content (AvgIpc) is 3.13. The van der Waals surface area contributed by atoms with E-state index in [1.807, 2.05) is 19.9 Å². The van der Waals surface area contributed by atoms with Gasteiger partial charge in [-0.1, -0.05) is 11.6 Å². The van der Waals surface area contributed by atoms with Crippen molar-refractivity contribution in [2.45, 2.75) is 27.7 Å². The van der Waals surface area contributed by atoms with Crippen LogP contribution in [0, 0.1) is 20.8 Å². The van der Waals surface area contributed by atoms with Gasteiger partial charge in [-0.25, -0.2) is 19.7 Å². The van der Waals surface area contributed by atoms with Crippen LogP contribution in [0.1, 0.15) is 34.0 Å². The maximum Gasteiger partial charge on any atom is 0.343 e. The van der Waals surface area contributed by atoms with Gasteiger partial charge in [-0.05, 0) is 57.0 Å². The molecule has 0 aliphatic heterocycles. The van der Waals surface area contributed by atoms with Crippen molar-refractivity contribution in [3.63, 3.8) is 0 Å². The first-order valence-corrected chi connectivity index (χ1v) is 9.66. The fourth-order valence-electron chi connectivity index (χ4n) is 3.41. The van der Waals surface area contributed by atoms with Crippen molar-refractivity contribution >= 4 is 28.6 Å². The summed E-state index contributed by atoms with van der Waals surface area (Å²) in [6, 6.07) is 7.88. The Kier molecular flexibility index (Phi) is 5.14. The Balaban J connectivity index is 1.89. The minimum atomic E-state index is -0.480. The molecule has 4 aromatic rings. The predicted octanol–water partition coefficient (Wildman–Crippen LogP) is 4.06. The highest BCUT2D eigenvalue weighted by atomic mass is 16.5. The van der Waals surface area contributed by atoms with E-state index in [9.17, 15) is 4.79 Å². The molecule has 3 heterocycles. The van der Waals surface area contributed by atoms with Gasteiger partial charge in [0.1, 0.15) is 5.56 Å².